The van der Waals surface area contributed by atoms with E-state index in [1.807, 2.05) is 0 Å². The summed E-state index contributed by atoms with van der Waals surface area (Å²) in [6.45, 7) is 6.25. The predicted molar refractivity (Wildman–Crippen MR) is 82.3 cm³/mol. The Hall–Kier alpha value is -1.36. The van der Waals surface area contributed by atoms with Crippen molar-refractivity contribution < 1.29 is 9.85 Å². The third kappa shape index (κ3) is 5.44. The highest BCUT2D eigenvalue weighted by Crippen LogP contribution is 2.07. The van der Waals surface area contributed by atoms with Gasteiger partial charge in [-0.25, -0.2) is 0 Å². The molecule has 1 aliphatic heterocycles. The van der Waals surface area contributed by atoms with Crippen LogP contribution in [0.3, 0.4) is 0 Å². The Labute approximate surface area is 129 Å². The van der Waals surface area contributed by atoms with Crippen molar-refractivity contribution in [3.8, 4) is 0 Å². The second kappa shape index (κ2) is 8.32. The van der Waals surface area contributed by atoms with Gasteiger partial charge in [0.2, 0.25) is 11.1 Å². The van der Waals surface area contributed by atoms with Crippen LogP contribution in [0.25, 0.3) is 0 Å². The topological polar surface area (TPSA) is 134 Å². The van der Waals surface area contributed by atoms with Crippen molar-refractivity contribution >= 4 is 0 Å². The number of hydrogen-bond acceptors (Lipinski definition) is 8. The molecule has 1 saturated heterocycles. The molecule has 0 aromatic rings. The van der Waals surface area contributed by atoms with Gasteiger partial charge in [0.15, 0.2) is 0 Å². The number of nitrogens with zero attached hydrogens (tertiary/aromatic N) is 2. The first-order chi connectivity index (χ1) is 10.3. The minimum Gasteiger partial charge on any atom is -0.309 e. The molecule has 128 valence electrons. The molecule has 0 saturated carbocycles. The van der Waals surface area contributed by atoms with Crippen molar-refractivity contribution in [2.45, 2.75) is 24.9 Å². The molecule has 22 heavy (non-hydrogen) atoms. The van der Waals surface area contributed by atoms with Gasteiger partial charge in [0.25, 0.3) is 0 Å². The molecule has 0 radical (unpaired) electrons. The maximum absolute atomic E-state index is 11.2. The highest BCUT2D eigenvalue weighted by molar-refractivity contribution is 4.83. The first-order valence-electron chi connectivity index (χ1n) is 7.42. The molecule has 10 nitrogen and oxygen atoms in total. The Morgan fingerprint density at radius 2 is 0.909 bits per heavy atom. The van der Waals surface area contributed by atoms with E-state index in [1.165, 1.54) is 0 Å². The summed E-state index contributed by atoms with van der Waals surface area (Å²) in [7, 11) is 0. The monoisotopic (exact) mass is 318 g/mol. The van der Waals surface area contributed by atoms with Crippen LogP contribution in [0.1, 0.15) is 13.8 Å². The molecule has 0 spiro atoms. The Morgan fingerprint density at radius 1 is 0.682 bits per heavy atom. The molecule has 0 aromatic heterocycles. The lowest BCUT2D eigenvalue weighted by Gasteiger charge is -2.25. The zero-order valence-electron chi connectivity index (χ0n) is 13.2. The van der Waals surface area contributed by atoms with E-state index in [1.54, 1.807) is 13.8 Å². The van der Waals surface area contributed by atoms with Gasteiger partial charge in [-0.15, -0.1) is 0 Å². The summed E-state index contributed by atoms with van der Waals surface area (Å²) in [5.41, 5.74) is -2.14. The van der Waals surface area contributed by atoms with E-state index in [0.29, 0.717) is 26.2 Å². The van der Waals surface area contributed by atoms with Crippen LogP contribution in [0.4, 0.5) is 0 Å². The predicted octanol–water partition coefficient (Wildman–Crippen LogP) is -1.57. The highest BCUT2D eigenvalue weighted by atomic mass is 16.6. The summed E-state index contributed by atoms with van der Waals surface area (Å²) < 4.78 is 0. The molecule has 1 heterocycles. The van der Waals surface area contributed by atoms with Gasteiger partial charge in [0.05, 0.1) is 26.2 Å². The van der Waals surface area contributed by atoms with Crippen LogP contribution in [0.15, 0.2) is 0 Å². The summed E-state index contributed by atoms with van der Waals surface area (Å²) in [5.74, 6) is 0. The first kappa shape index (κ1) is 18.7. The standard InChI is InChI=1S/C12H26N6O4/c1-11(17(19)20)7-13-3-5-15-9-12(2,18(21)22)10-16-6-4-14-8-11/h13-16H,3-10H2,1-2H3. The zero-order valence-corrected chi connectivity index (χ0v) is 13.2. The van der Waals surface area contributed by atoms with Crippen LogP contribution in [0.5, 0.6) is 0 Å². The molecule has 4 N–H and O–H groups in total. The summed E-state index contributed by atoms with van der Waals surface area (Å²) in [6.07, 6.45) is 0. The molecule has 0 bridgehead atoms. The van der Waals surface area contributed by atoms with E-state index in [0.717, 1.165) is 0 Å². The smallest absolute Gasteiger partial charge is 0.243 e. The highest BCUT2D eigenvalue weighted by Gasteiger charge is 2.37. The van der Waals surface area contributed by atoms with E-state index in [9.17, 15) is 20.2 Å². The molecule has 1 fully saturated rings. The minimum absolute atomic E-state index is 0.245. The van der Waals surface area contributed by atoms with Gasteiger partial charge in [-0.2, -0.15) is 0 Å². The summed E-state index contributed by atoms with van der Waals surface area (Å²) in [5, 5.41) is 34.5. The fraction of sp³-hybridized carbons (Fsp3) is 1.00. The maximum atomic E-state index is 11.2. The molecule has 10 heteroatoms. The minimum atomic E-state index is -1.07. The summed E-state index contributed by atoms with van der Waals surface area (Å²) in [4.78, 5) is 21.8. The second-order valence-corrected chi connectivity index (χ2v) is 6.22. The number of nitro groups is 2. The lowest BCUT2D eigenvalue weighted by atomic mass is 10.0. The van der Waals surface area contributed by atoms with Gasteiger partial charge in [0.1, 0.15) is 0 Å². The van der Waals surface area contributed by atoms with Crippen molar-refractivity contribution in [3.63, 3.8) is 0 Å². The van der Waals surface area contributed by atoms with E-state index in [2.05, 4.69) is 21.3 Å². The quantitative estimate of drug-likeness (QED) is 0.354. The van der Waals surface area contributed by atoms with Crippen molar-refractivity contribution in [2.24, 2.45) is 0 Å². The molecular weight excluding hydrogens is 292 g/mol. The lowest BCUT2D eigenvalue weighted by Crippen LogP contribution is -2.56. The van der Waals surface area contributed by atoms with Crippen molar-refractivity contribution in [3.05, 3.63) is 20.2 Å². The van der Waals surface area contributed by atoms with Gasteiger partial charge in [-0.05, 0) is 0 Å². The maximum Gasteiger partial charge on any atom is 0.243 e. The lowest BCUT2D eigenvalue weighted by molar-refractivity contribution is -0.561. The van der Waals surface area contributed by atoms with Crippen LogP contribution in [-0.2, 0) is 0 Å². The van der Waals surface area contributed by atoms with Gasteiger partial charge < -0.3 is 21.3 Å². The largest absolute Gasteiger partial charge is 0.309 e. The van der Waals surface area contributed by atoms with Crippen LogP contribution in [0.2, 0.25) is 0 Å². The zero-order chi connectivity index (χ0) is 16.6. The summed E-state index contributed by atoms with van der Waals surface area (Å²) >= 11 is 0. The molecule has 1 rings (SSSR count). The van der Waals surface area contributed by atoms with E-state index >= 15 is 0 Å². The molecule has 1 aliphatic rings. The Balaban J connectivity index is 2.60. The average molecular weight is 318 g/mol. The van der Waals surface area contributed by atoms with Gasteiger partial charge in [-0.3, -0.25) is 20.2 Å². The van der Waals surface area contributed by atoms with Crippen LogP contribution >= 0.6 is 0 Å². The molecule has 0 aromatic carbocycles. The van der Waals surface area contributed by atoms with Gasteiger partial charge in [-0.1, -0.05) is 0 Å². The van der Waals surface area contributed by atoms with E-state index < -0.39 is 11.1 Å². The summed E-state index contributed by atoms with van der Waals surface area (Å²) in [6, 6.07) is 0. The van der Waals surface area contributed by atoms with Crippen LogP contribution in [-0.4, -0.2) is 73.3 Å². The van der Waals surface area contributed by atoms with Crippen molar-refractivity contribution in [1.82, 2.24) is 21.3 Å². The molecule has 0 aliphatic carbocycles. The van der Waals surface area contributed by atoms with E-state index in [4.69, 9.17) is 0 Å². The average Bonchev–Trinajstić information content (AvgIpc) is 2.45. The molecule has 0 unspecified atom stereocenters. The fourth-order valence-corrected chi connectivity index (χ4v) is 2.17. The third-order valence-electron chi connectivity index (χ3n) is 3.86. The SMILES string of the molecule is CC1([N+](=O)[O-])CNCCNCC(C)([N+](=O)[O-])CNCCNC1. The normalized spacial score (nSPS) is 32.8. The molecular formula is C12H26N6O4. The van der Waals surface area contributed by atoms with Gasteiger partial charge >= 0.3 is 0 Å². The second-order valence-electron chi connectivity index (χ2n) is 6.22. The molecule has 0 atom stereocenters. The third-order valence-corrected chi connectivity index (χ3v) is 3.86. The Morgan fingerprint density at radius 3 is 1.09 bits per heavy atom. The number of rotatable bonds is 2. The Bertz CT molecular complexity index is 340. The van der Waals surface area contributed by atoms with Crippen LogP contribution < -0.4 is 21.3 Å². The van der Waals surface area contributed by atoms with Crippen molar-refractivity contribution in [1.29, 1.82) is 0 Å². The number of hydrogen-bond donors (Lipinski definition) is 4. The number of nitrogens with one attached hydrogen (secondary N) is 4. The molecule has 0 amide bonds. The van der Waals surface area contributed by atoms with Crippen molar-refractivity contribution in [2.75, 3.05) is 52.4 Å². The first-order valence-corrected chi connectivity index (χ1v) is 7.42. The van der Waals surface area contributed by atoms with E-state index in [-0.39, 0.29) is 36.0 Å². The Kier molecular flexibility index (Phi) is 7.07. The van der Waals surface area contributed by atoms with Gasteiger partial charge in [0, 0.05) is 49.9 Å². The van der Waals surface area contributed by atoms with Crippen LogP contribution in [0, 0.1) is 20.2 Å². The fourth-order valence-electron chi connectivity index (χ4n) is 2.17.